The number of carbonyl (C=O) groups excluding carboxylic acids is 1. The Morgan fingerprint density at radius 3 is 2.94 bits per heavy atom. The van der Waals surface area contributed by atoms with E-state index in [1.54, 1.807) is 0 Å². The zero-order chi connectivity index (χ0) is 10.7. The zero-order valence-electron chi connectivity index (χ0n) is 8.66. The molecule has 0 radical (unpaired) electrons. The smallest absolute Gasteiger partial charge is 0.261 e. The number of nitrogens with one attached hydrogen (secondary N) is 2. The van der Waals surface area contributed by atoms with Crippen LogP contribution in [0.3, 0.4) is 0 Å². The summed E-state index contributed by atoms with van der Waals surface area (Å²) in [6.07, 6.45) is 2.21. The molecule has 2 heterocycles. The van der Waals surface area contributed by atoms with Gasteiger partial charge in [0.05, 0.1) is 8.66 Å². The van der Waals surface area contributed by atoms with E-state index >= 15 is 0 Å². The molecule has 16 heavy (non-hydrogen) atoms. The van der Waals surface area contributed by atoms with Gasteiger partial charge in [-0.1, -0.05) is 0 Å². The molecule has 1 saturated heterocycles. The fraction of sp³-hybridized carbons (Fsp3) is 0.500. The highest BCUT2D eigenvalue weighted by Crippen LogP contribution is 2.22. The molecule has 1 aromatic rings. The van der Waals surface area contributed by atoms with E-state index in [4.69, 9.17) is 0 Å². The average molecular weight is 326 g/mol. The minimum Gasteiger partial charge on any atom is -0.347 e. The molecular weight excluding hydrogens is 312 g/mol. The van der Waals surface area contributed by atoms with Crippen LogP contribution in [-0.4, -0.2) is 25.0 Å². The molecule has 1 aliphatic heterocycles. The number of hydrogen-bond acceptors (Lipinski definition) is 3. The van der Waals surface area contributed by atoms with Crippen molar-refractivity contribution in [1.29, 1.82) is 0 Å². The van der Waals surface area contributed by atoms with Gasteiger partial charge >= 0.3 is 0 Å². The number of amides is 1. The molecular formula is C10H14BrClN2OS. The van der Waals surface area contributed by atoms with Crippen molar-refractivity contribution in [3.63, 3.8) is 0 Å². The minimum atomic E-state index is 0. The van der Waals surface area contributed by atoms with E-state index in [0.717, 1.165) is 34.6 Å². The maximum Gasteiger partial charge on any atom is 0.261 e. The van der Waals surface area contributed by atoms with Crippen LogP contribution in [0.25, 0.3) is 0 Å². The van der Waals surface area contributed by atoms with Crippen molar-refractivity contribution >= 4 is 45.6 Å². The van der Waals surface area contributed by atoms with E-state index in [-0.39, 0.29) is 24.4 Å². The summed E-state index contributed by atoms with van der Waals surface area (Å²) in [7, 11) is 0. The first-order chi connectivity index (χ1) is 7.25. The fourth-order valence-corrected chi connectivity index (χ4v) is 2.96. The van der Waals surface area contributed by atoms with Crippen molar-refractivity contribution in [2.24, 2.45) is 0 Å². The molecule has 0 aromatic carbocycles. The fourth-order valence-electron chi connectivity index (χ4n) is 1.67. The second-order valence-electron chi connectivity index (χ2n) is 3.62. The number of halogens is 2. The molecule has 1 atom stereocenters. The first-order valence-electron chi connectivity index (χ1n) is 5.02. The molecule has 1 aromatic heterocycles. The number of thiophene rings is 1. The van der Waals surface area contributed by atoms with Gasteiger partial charge < -0.3 is 10.6 Å². The summed E-state index contributed by atoms with van der Waals surface area (Å²) in [6.45, 7) is 1.95. The lowest BCUT2D eigenvalue weighted by atomic mass is 10.1. The summed E-state index contributed by atoms with van der Waals surface area (Å²) < 4.78 is 0.995. The Hall–Kier alpha value is -0.100. The molecule has 1 unspecified atom stereocenters. The molecule has 1 amide bonds. The Labute approximate surface area is 114 Å². The molecule has 0 spiro atoms. The van der Waals surface area contributed by atoms with Crippen LogP contribution in [0, 0.1) is 0 Å². The summed E-state index contributed by atoms with van der Waals surface area (Å²) in [5.74, 6) is 0.0411. The maximum atomic E-state index is 11.8. The molecule has 0 saturated carbocycles. The third-order valence-corrected chi connectivity index (χ3v) is 4.05. The third-order valence-electron chi connectivity index (χ3n) is 2.43. The van der Waals surface area contributed by atoms with Crippen molar-refractivity contribution in [1.82, 2.24) is 10.6 Å². The van der Waals surface area contributed by atoms with Gasteiger partial charge in [-0.25, -0.2) is 0 Å². The Morgan fingerprint density at radius 1 is 1.56 bits per heavy atom. The Bertz CT molecular complexity index is 352. The second kappa shape index (κ2) is 6.59. The Kier molecular flexibility index (Phi) is 5.75. The lowest BCUT2D eigenvalue weighted by Gasteiger charge is -2.23. The quantitative estimate of drug-likeness (QED) is 0.877. The highest BCUT2D eigenvalue weighted by molar-refractivity contribution is 9.11. The van der Waals surface area contributed by atoms with Crippen molar-refractivity contribution in [2.45, 2.75) is 18.9 Å². The number of hydrogen-bond donors (Lipinski definition) is 2. The summed E-state index contributed by atoms with van der Waals surface area (Å²) in [5.41, 5.74) is 0. The molecule has 6 heteroatoms. The third kappa shape index (κ3) is 3.73. The van der Waals surface area contributed by atoms with E-state index in [0.29, 0.717) is 0 Å². The van der Waals surface area contributed by atoms with Gasteiger partial charge in [0.2, 0.25) is 0 Å². The predicted octanol–water partition coefficient (Wildman–Crippen LogP) is 2.41. The maximum absolute atomic E-state index is 11.8. The molecule has 90 valence electrons. The van der Waals surface area contributed by atoms with Gasteiger partial charge in [-0.2, -0.15) is 0 Å². The van der Waals surface area contributed by atoms with Gasteiger partial charge in [0.15, 0.2) is 0 Å². The minimum absolute atomic E-state index is 0. The predicted molar refractivity (Wildman–Crippen MR) is 72.6 cm³/mol. The van der Waals surface area contributed by atoms with Crippen LogP contribution in [-0.2, 0) is 0 Å². The lowest BCUT2D eigenvalue weighted by molar-refractivity contribution is 0.0935. The molecule has 2 N–H and O–H groups in total. The largest absolute Gasteiger partial charge is 0.347 e. The highest BCUT2D eigenvalue weighted by atomic mass is 79.9. The van der Waals surface area contributed by atoms with Crippen molar-refractivity contribution in [2.75, 3.05) is 13.1 Å². The lowest BCUT2D eigenvalue weighted by Crippen LogP contribution is -2.45. The first-order valence-corrected chi connectivity index (χ1v) is 6.63. The first kappa shape index (κ1) is 14.0. The van der Waals surface area contributed by atoms with Gasteiger partial charge in [0, 0.05) is 12.6 Å². The molecule has 0 bridgehead atoms. The van der Waals surface area contributed by atoms with E-state index in [1.165, 1.54) is 11.3 Å². The van der Waals surface area contributed by atoms with Gasteiger partial charge in [-0.05, 0) is 47.4 Å². The van der Waals surface area contributed by atoms with Crippen LogP contribution >= 0.6 is 39.7 Å². The Morgan fingerprint density at radius 2 is 2.38 bits per heavy atom. The Balaban J connectivity index is 0.00000128. The normalized spacial score (nSPS) is 19.9. The van der Waals surface area contributed by atoms with Gasteiger partial charge in [0.1, 0.15) is 0 Å². The van der Waals surface area contributed by atoms with E-state index in [2.05, 4.69) is 26.6 Å². The van der Waals surface area contributed by atoms with Crippen LogP contribution < -0.4 is 10.6 Å². The van der Waals surface area contributed by atoms with Crippen LogP contribution in [0.15, 0.2) is 15.9 Å². The number of piperidine rings is 1. The van der Waals surface area contributed by atoms with Crippen molar-refractivity contribution < 1.29 is 4.79 Å². The molecule has 3 nitrogen and oxygen atoms in total. The zero-order valence-corrected chi connectivity index (χ0v) is 11.9. The number of carbonyl (C=O) groups is 1. The summed E-state index contributed by atoms with van der Waals surface area (Å²) in [4.78, 5) is 12.5. The average Bonchev–Trinajstić information content (AvgIpc) is 2.66. The summed E-state index contributed by atoms with van der Waals surface area (Å²) >= 11 is 4.82. The standard InChI is InChI=1S/C10H13BrN2OS.ClH/c11-9-4-3-8(15-9)10(14)13-7-2-1-5-12-6-7;/h3-4,7,12H,1-2,5-6H2,(H,13,14);1H. The van der Waals surface area contributed by atoms with E-state index in [9.17, 15) is 4.79 Å². The summed E-state index contributed by atoms with van der Waals surface area (Å²) in [5, 5.41) is 6.31. The van der Waals surface area contributed by atoms with Crippen molar-refractivity contribution in [3.05, 3.63) is 20.8 Å². The van der Waals surface area contributed by atoms with Crippen LogP contribution in [0.4, 0.5) is 0 Å². The summed E-state index contributed by atoms with van der Waals surface area (Å²) in [6, 6.07) is 4.03. The van der Waals surface area contributed by atoms with Gasteiger partial charge in [-0.15, -0.1) is 23.7 Å². The van der Waals surface area contributed by atoms with Gasteiger partial charge in [-0.3, -0.25) is 4.79 Å². The monoisotopic (exact) mass is 324 g/mol. The highest BCUT2D eigenvalue weighted by Gasteiger charge is 2.16. The molecule has 1 fully saturated rings. The molecule has 0 aliphatic carbocycles. The topological polar surface area (TPSA) is 41.1 Å². The second-order valence-corrected chi connectivity index (χ2v) is 6.08. The van der Waals surface area contributed by atoms with E-state index < -0.39 is 0 Å². The SMILES string of the molecule is Cl.O=C(NC1CCCNC1)c1ccc(Br)s1. The van der Waals surface area contributed by atoms with Crippen molar-refractivity contribution in [3.8, 4) is 0 Å². The number of rotatable bonds is 2. The molecule has 1 aliphatic rings. The van der Waals surface area contributed by atoms with E-state index in [1.807, 2.05) is 12.1 Å². The van der Waals surface area contributed by atoms with Crippen LogP contribution in [0.5, 0.6) is 0 Å². The van der Waals surface area contributed by atoms with Crippen LogP contribution in [0.1, 0.15) is 22.5 Å². The van der Waals surface area contributed by atoms with Crippen LogP contribution in [0.2, 0.25) is 0 Å². The van der Waals surface area contributed by atoms with Gasteiger partial charge in [0.25, 0.3) is 5.91 Å². The molecule has 2 rings (SSSR count).